The van der Waals surface area contributed by atoms with Crippen molar-refractivity contribution in [3.8, 4) is 5.75 Å². The molecule has 26 heavy (non-hydrogen) atoms. The normalized spacial score (nSPS) is 25.9. The zero-order chi connectivity index (χ0) is 18.1. The molecule has 1 fully saturated rings. The molecule has 2 N–H and O–H groups in total. The molecule has 138 valence electrons. The molecule has 2 aliphatic heterocycles. The van der Waals surface area contributed by atoms with Crippen molar-refractivity contribution >= 4 is 5.69 Å². The third-order valence-electron chi connectivity index (χ3n) is 4.88. The first kappa shape index (κ1) is 17.3. The molecule has 0 saturated carbocycles. The Bertz CT molecular complexity index is 762. The second-order valence-corrected chi connectivity index (χ2v) is 7.31. The first-order valence-corrected chi connectivity index (χ1v) is 9.09. The Kier molecular flexibility index (Phi) is 4.61. The molecule has 0 amide bonds. The van der Waals surface area contributed by atoms with Crippen LogP contribution in [0.2, 0.25) is 0 Å². The Morgan fingerprint density at radius 2 is 1.92 bits per heavy atom. The van der Waals surface area contributed by atoms with E-state index in [0.717, 1.165) is 22.6 Å². The van der Waals surface area contributed by atoms with Gasteiger partial charge in [0.15, 0.2) is 5.79 Å². The monoisotopic (exact) mass is 355 g/mol. The van der Waals surface area contributed by atoms with Gasteiger partial charge in [0.2, 0.25) is 0 Å². The largest absolute Gasteiger partial charge is 0.489 e. The highest BCUT2D eigenvalue weighted by molar-refractivity contribution is 5.59. The van der Waals surface area contributed by atoms with Gasteiger partial charge in [-0.25, -0.2) is 0 Å². The summed E-state index contributed by atoms with van der Waals surface area (Å²) in [5.74, 6) is 0.162. The molecule has 5 nitrogen and oxygen atoms in total. The summed E-state index contributed by atoms with van der Waals surface area (Å²) in [6, 6.07) is 16.1. The van der Waals surface area contributed by atoms with Crippen molar-refractivity contribution in [2.45, 2.75) is 50.9 Å². The van der Waals surface area contributed by atoms with Gasteiger partial charge in [-0.1, -0.05) is 30.3 Å². The number of hydrogen-bond acceptors (Lipinski definition) is 5. The first-order valence-electron chi connectivity index (χ1n) is 9.09. The van der Waals surface area contributed by atoms with Crippen LogP contribution in [0.15, 0.2) is 48.5 Å². The fourth-order valence-corrected chi connectivity index (χ4v) is 3.72. The number of fused-ring (bicyclic) bond motifs is 3. The maximum atomic E-state index is 9.38. The lowest BCUT2D eigenvalue weighted by atomic mass is 9.91. The van der Waals surface area contributed by atoms with Crippen LogP contribution in [0.25, 0.3) is 0 Å². The van der Waals surface area contributed by atoms with Gasteiger partial charge in [0.25, 0.3) is 0 Å². The molecule has 4 rings (SSSR count). The van der Waals surface area contributed by atoms with Crippen molar-refractivity contribution in [2.24, 2.45) is 0 Å². The van der Waals surface area contributed by atoms with Crippen LogP contribution in [0, 0.1) is 0 Å². The minimum atomic E-state index is -0.646. The topological polar surface area (TPSA) is 60.0 Å². The molecule has 0 aliphatic carbocycles. The van der Waals surface area contributed by atoms with Crippen LogP contribution in [0.5, 0.6) is 5.75 Å². The van der Waals surface area contributed by atoms with Crippen LogP contribution < -0.4 is 10.1 Å². The van der Waals surface area contributed by atoms with E-state index in [0.29, 0.717) is 13.0 Å². The van der Waals surface area contributed by atoms with Gasteiger partial charge in [-0.05, 0) is 44.0 Å². The van der Waals surface area contributed by atoms with E-state index in [2.05, 4.69) is 5.32 Å². The van der Waals surface area contributed by atoms with E-state index in [1.165, 1.54) is 0 Å². The maximum absolute atomic E-state index is 9.38. The summed E-state index contributed by atoms with van der Waals surface area (Å²) >= 11 is 0. The quantitative estimate of drug-likeness (QED) is 0.858. The Morgan fingerprint density at radius 1 is 1.12 bits per heavy atom. The molecule has 3 atom stereocenters. The van der Waals surface area contributed by atoms with Crippen molar-refractivity contribution in [2.75, 3.05) is 11.9 Å². The lowest BCUT2D eigenvalue weighted by Crippen LogP contribution is -2.42. The molecule has 0 aromatic heterocycles. The SMILES string of the molecule is CC1(C)O[C@H]2[C@H](CCO)Nc3ccc(OCc4ccccc4)cc3[C@@H]2O1. The van der Waals surface area contributed by atoms with Crippen molar-refractivity contribution in [1.29, 1.82) is 0 Å². The predicted molar refractivity (Wildman–Crippen MR) is 99.1 cm³/mol. The number of aliphatic hydroxyl groups is 1. The van der Waals surface area contributed by atoms with Crippen molar-refractivity contribution in [3.05, 3.63) is 59.7 Å². The summed E-state index contributed by atoms with van der Waals surface area (Å²) in [4.78, 5) is 0. The van der Waals surface area contributed by atoms with Crippen LogP contribution >= 0.6 is 0 Å². The molecule has 2 aromatic carbocycles. The summed E-state index contributed by atoms with van der Waals surface area (Å²) in [7, 11) is 0. The number of rotatable bonds is 5. The van der Waals surface area contributed by atoms with Crippen LogP contribution in [0.3, 0.4) is 0 Å². The van der Waals surface area contributed by atoms with Gasteiger partial charge in [0.05, 0.1) is 6.04 Å². The molecular weight excluding hydrogens is 330 g/mol. The van der Waals surface area contributed by atoms with E-state index in [9.17, 15) is 5.11 Å². The molecule has 0 spiro atoms. The fourth-order valence-electron chi connectivity index (χ4n) is 3.72. The molecule has 2 aromatic rings. The van der Waals surface area contributed by atoms with Crippen LogP contribution in [-0.2, 0) is 16.1 Å². The molecule has 0 radical (unpaired) electrons. The number of anilines is 1. The van der Waals surface area contributed by atoms with Crippen molar-refractivity contribution < 1.29 is 19.3 Å². The third kappa shape index (κ3) is 3.43. The lowest BCUT2D eigenvalue weighted by molar-refractivity contribution is -0.147. The van der Waals surface area contributed by atoms with Crippen LogP contribution in [0.4, 0.5) is 5.69 Å². The number of hydrogen-bond donors (Lipinski definition) is 2. The average Bonchev–Trinajstić information content (AvgIpc) is 2.97. The maximum Gasteiger partial charge on any atom is 0.164 e. The molecule has 2 aliphatic rings. The van der Waals surface area contributed by atoms with Gasteiger partial charge in [0, 0.05) is 17.9 Å². The highest BCUT2D eigenvalue weighted by Gasteiger charge is 2.49. The standard InChI is InChI=1S/C21H25NO4/c1-21(2)25-19-16-12-15(24-13-14-6-4-3-5-7-14)8-9-17(16)22-18(10-11-23)20(19)26-21/h3-9,12,18-20,22-23H,10-11,13H2,1-2H3/t18-,19-,20-/m0/s1. The minimum Gasteiger partial charge on any atom is -0.489 e. The molecule has 0 bridgehead atoms. The van der Waals surface area contributed by atoms with Gasteiger partial charge >= 0.3 is 0 Å². The van der Waals surface area contributed by atoms with Gasteiger partial charge in [-0.2, -0.15) is 0 Å². The smallest absolute Gasteiger partial charge is 0.164 e. The van der Waals surface area contributed by atoms with Crippen molar-refractivity contribution in [3.63, 3.8) is 0 Å². The number of aliphatic hydroxyl groups excluding tert-OH is 1. The fraction of sp³-hybridized carbons (Fsp3) is 0.429. The van der Waals surface area contributed by atoms with E-state index in [-0.39, 0.29) is 24.9 Å². The predicted octanol–water partition coefficient (Wildman–Crippen LogP) is 3.63. The Labute approximate surface area is 153 Å². The summed E-state index contributed by atoms with van der Waals surface area (Å²) in [6.07, 6.45) is 0.318. The minimum absolute atomic E-state index is 0.0235. The van der Waals surface area contributed by atoms with Gasteiger partial charge in [-0.3, -0.25) is 0 Å². The zero-order valence-corrected chi connectivity index (χ0v) is 15.1. The van der Waals surface area contributed by atoms with E-state index in [1.54, 1.807) is 0 Å². The van der Waals surface area contributed by atoms with E-state index >= 15 is 0 Å². The number of ether oxygens (including phenoxy) is 3. The summed E-state index contributed by atoms with van der Waals surface area (Å²) in [5.41, 5.74) is 3.18. The highest BCUT2D eigenvalue weighted by Crippen LogP contribution is 2.47. The number of benzene rings is 2. The summed E-state index contributed by atoms with van der Waals surface area (Å²) < 4.78 is 18.3. The molecule has 1 saturated heterocycles. The van der Waals surface area contributed by atoms with Gasteiger partial charge < -0.3 is 24.6 Å². The second-order valence-electron chi connectivity index (χ2n) is 7.31. The van der Waals surface area contributed by atoms with Crippen LogP contribution in [-0.4, -0.2) is 29.6 Å². The molecule has 0 unspecified atom stereocenters. The summed E-state index contributed by atoms with van der Waals surface area (Å²) in [6.45, 7) is 4.49. The highest BCUT2D eigenvalue weighted by atomic mass is 16.8. The summed E-state index contributed by atoms with van der Waals surface area (Å²) in [5, 5.41) is 12.9. The van der Waals surface area contributed by atoms with Gasteiger partial charge in [-0.15, -0.1) is 0 Å². The van der Waals surface area contributed by atoms with E-state index in [1.807, 2.05) is 62.4 Å². The Morgan fingerprint density at radius 3 is 2.69 bits per heavy atom. The van der Waals surface area contributed by atoms with Crippen molar-refractivity contribution in [1.82, 2.24) is 0 Å². The third-order valence-corrected chi connectivity index (χ3v) is 4.88. The molecule has 5 heteroatoms. The van der Waals surface area contributed by atoms with E-state index < -0.39 is 5.79 Å². The number of nitrogens with one attached hydrogen (secondary N) is 1. The molecular formula is C21H25NO4. The first-order chi connectivity index (χ1) is 12.6. The Balaban J connectivity index is 1.57. The Hall–Kier alpha value is -2.08. The van der Waals surface area contributed by atoms with Crippen LogP contribution in [0.1, 0.15) is 37.5 Å². The van der Waals surface area contributed by atoms with Gasteiger partial charge in [0.1, 0.15) is 24.6 Å². The lowest BCUT2D eigenvalue weighted by Gasteiger charge is -2.34. The van der Waals surface area contributed by atoms with E-state index in [4.69, 9.17) is 14.2 Å². The second kappa shape index (κ2) is 6.91. The average molecular weight is 355 g/mol. The zero-order valence-electron chi connectivity index (χ0n) is 15.1. The molecule has 2 heterocycles.